The van der Waals surface area contributed by atoms with Crippen LogP contribution in [0.25, 0.3) is 16.9 Å². The van der Waals surface area contributed by atoms with Crippen LogP contribution in [0.1, 0.15) is 11.3 Å². The average molecular weight is 326 g/mol. The van der Waals surface area contributed by atoms with Crippen molar-refractivity contribution in [3.05, 3.63) is 78.5 Å². The Morgan fingerprint density at radius 2 is 1.68 bits per heavy atom. The fourth-order valence-electron chi connectivity index (χ4n) is 2.51. The molecule has 0 atom stereocenters. The molecule has 0 spiro atoms. The maximum Gasteiger partial charge on any atom is 0.169 e. The standard InChI is InChI=1S/C20H14N4O/c1-25-17-10-7-15(8-11-17)9-12-18-19-20(22-13-21-18)24(14-23-19)16-5-3-2-4-6-16/h2-8,10-11,13-14H,1H3. The lowest BCUT2D eigenvalue weighted by molar-refractivity contribution is 0.415. The normalized spacial score (nSPS) is 10.3. The van der Waals surface area contributed by atoms with Gasteiger partial charge in [0.2, 0.25) is 0 Å². The van der Waals surface area contributed by atoms with E-state index in [0.29, 0.717) is 11.2 Å². The van der Waals surface area contributed by atoms with Gasteiger partial charge in [0.15, 0.2) is 5.65 Å². The maximum absolute atomic E-state index is 5.15. The number of rotatable bonds is 2. The molecule has 0 fully saturated rings. The first-order valence-corrected chi connectivity index (χ1v) is 7.75. The molecular formula is C20H14N4O. The number of para-hydroxylation sites is 1. The molecule has 25 heavy (non-hydrogen) atoms. The largest absolute Gasteiger partial charge is 0.497 e. The highest BCUT2D eigenvalue weighted by Crippen LogP contribution is 2.17. The predicted molar refractivity (Wildman–Crippen MR) is 95.6 cm³/mol. The highest BCUT2D eigenvalue weighted by atomic mass is 16.5. The van der Waals surface area contributed by atoms with E-state index in [1.807, 2.05) is 59.2 Å². The molecule has 0 saturated carbocycles. The van der Waals surface area contributed by atoms with Gasteiger partial charge in [0, 0.05) is 11.3 Å². The van der Waals surface area contributed by atoms with Gasteiger partial charge in [0.05, 0.1) is 7.11 Å². The van der Waals surface area contributed by atoms with Crippen molar-refractivity contribution < 1.29 is 4.74 Å². The highest BCUT2D eigenvalue weighted by Gasteiger charge is 2.09. The Balaban J connectivity index is 1.74. The van der Waals surface area contributed by atoms with E-state index in [9.17, 15) is 0 Å². The lowest BCUT2D eigenvalue weighted by Crippen LogP contribution is -1.95. The number of fused-ring (bicyclic) bond motifs is 1. The molecule has 5 heteroatoms. The van der Waals surface area contributed by atoms with E-state index in [-0.39, 0.29) is 0 Å². The Morgan fingerprint density at radius 3 is 2.44 bits per heavy atom. The van der Waals surface area contributed by atoms with Gasteiger partial charge in [0.25, 0.3) is 0 Å². The van der Waals surface area contributed by atoms with Crippen LogP contribution >= 0.6 is 0 Å². The molecule has 0 N–H and O–H groups in total. The Labute approximate surface area is 145 Å². The van der Waals surface area contributed by atoms with Crippen molar-refractivity contribution >= 4 is 11.2 Å². The number of imidazole rings is 1. The summed E-state index contributed by atoms with van der Waals surface area (Å²) in [6.07, 6.45) is 3.26. The van der Waals surface area contributed by atoms with Crippen molar-refractivity contribution in [2.24, 2.45) is 0 Å². The minimum Gasteiger partial charge on any atom is -0.497 e. The van der Waals surface area contributed by atoms with Crippen molar-refractivity contribution in [3.8, 4) is 23.3 Å². The molecule has 0 aliphatic rings. The van der Waals surface area contributed by atoms with Gasteiger partial charge in [0.1, 0.15) is 29.6 Å². The van der Waals surface area contributed by atoms with Gasteiger partial charge in [-0.1, -0.05) is 24.1 Å². The molecule has 4 rings (SSSR count). The van der Waals surface area contributed by atoms with Gasteiger partial charge in [-0.25, -0.2) is 15.0 Å². The Kier molecular flexibility index (Phi) is 3.85. The van der Waals surface area contributed by atoms with E-state index >= 15 is 0 Å². The lowest BCUT2D eigenvalue weighted by atomic mass is 10.2. The minimum atomic E-state index is 0.607. The Bertz CT molecular complexity index is 1070. The Hall–Kier alpha value is -3.65. The van der Waals surface area contributed by atoms with Crippen molar-refractivity contribution in [2.45, 2.75) is 0 Å². The van der Waals surface area contributed by atoms with E-state index in [2.05, 4.69) is 26.8 Å². The molecular weight excluding hydrogens is 312 g/mol. The van der Waals surface area contributed by atoms with E-state index in [4.69, 9.17) is 4.74 Å². The van der Waals surface area contributed by atoms with Crippen LogP contribution in [0.2, 0.25) is 0 Å². The molecule has 4 aromatic rings. The van der Waals surface area contributed by atoms with Crippen LogP contribution in [0.4, 0.5) is 0 Å². The average Bonchev–Trinajstić information content (AvgIpc) is 3.12. The highest BCUT2D eigenvalue weighted by molar-refractivity contribution is 5.78. The minimum absolute atomic E-state index is 0.607. The second-order valence-corrected chi connectivity index (χ2v) is 5.32. The van der Waals surface area contributed by atoms with E-state index in [1.54, 1.807) is 13.4 Å². The first kappa shape index (κ1) is 14.9. The number of ether oxygens (including phenoxy) is 1. The third-order valence-corrected chi connectivity index (χ3v) is 3.78. The van der Waals surface area contributed by atoms with Crippen LogP contribution in [-0.2, 0) is 0 Å². The fraction of sp³-hybridized carbons (Fsp3) is 0.0500. The van der Waals surface area contributed by atoms with E-state index in [0.717, 1.165) is 22.6 Å². The zero-order chi connectivity index (χ0) is 17.1. The first-order chi connectivity index (χ1) is 12.3. The van der Waals surface area contributed by atoms with Gasteiger partial charge in [-0.2, -0.15) is 0 Å². The number of benzene rings is 2. The van der Waals surface area contributed by atoms with Crippen molar-refractivity contribution in [1.82, 2.24) is 19.5 Å². The van der Waals surface area contributed by atoms with E-state index in [1.165, 1.54) is 6.33 Å². The monoisotopic (exact) mass is 326 g/mol. The molecule has 0 saturated heterocycles. The summed E-state index contributed by atoms with van der Waals surface area (Å²) in [6, 6.07) is 17.5. The summed E-state index contributed by atoms with van der Waals surface area (Å²) in [7, 11) is 1.64. The molecule has 2 aromatic heterocycles. The molecule has 0 radical (unpaired) electrons. The zero-order valence-electron chi connectivity index (χ0n) is 13.5. The molecule has 0 bridgehead atoms. The van der Waals surface area contributed by atoms with Crippen molar-refractivity contribution in [3.63, 3.8) is 0 Å². The van der Waals surface area contributed by atoms with Crippen LogP contribution in [0, 0.1) is 11.8 Å². The van der Waals surface area contributed by atoms with Crippen molar-refractivity contribution in [2.75, 3.05) is 7.11 Å². The second-order valence-electron chi connectivity index (χ2n) is 5.32. The maximum atomic E-state index is 5.15. The summed E-state index contributed by atoms with van der Waals surface area (Å²) in [5, 5.41) is 0. The second kappa shape index (κ2) is 6.46. The summed E-state index contributed by atoms with van der Waals surface area (Å²) in [4.78, 5) is 13.1. The molecule has 0 aliphatic heterocycles. The fourth-order valence-corrected chi connectivity index (χ4v) is 2.51. The van der Waals surface area contributed by atoms with Crippen LogP contribution in [-0.4, -0.2) is 26.6 Å². The summed E-state index contributed by atoms with van der Waals surface area (Å²) in [5.74, 6) is 7.00. The molecule has 0 aliphatic carbocycles. The smallest absolute Gasteiger partial charge is 0.169 e. The number of methoxy groups -OCH3 is 1. The molecule has 0 unspecified atom stereocenters. The third kappa shape index (κ3) is 2.93. The summed E-state index contributed by atoms with van der Waals surface area (Å²) in [6.45, 7) is 0. The molecule has 0 amide bonds. The summed E-state index contributed by atoms with van der Waals surface area (Å²) >= 11 is 0. The Morgan fingerprint density at radius 1 is 0.880 bits per heavy atom. The first-order valence-electron chi connectivity index (χ1n) is 7.75. The van der Waals surface area contributed by atoms with Crippen LogP contribution in [0.15, 0.2) is 67.3 Å². The van der Waals surface area contributed by atoms with Crippen molar-refractivity contribution in [1.29, 1.82) is 0 Å². The molecule has 5 nitrogen and oxygen atoms in total. The van der Waals surface area contributed by atoms with Crippen LogP contribution < -0.4 is 4.74 Å². The van der Waals surface area contributed by atoms with Gasteiger partial charge in [-0.3, -0.25) is 4.57 Å². The van der Waals surface area contributed by atoms with Crippen LogP contribution in [0.5, 0.6) is 5.75 Å². The zero-order valence-corrected chi connectivity index (χ0v) is 13.5. The SMILES string of the molecule is COc1ccc(C#Cc2ncnc3c2ncn3-c2ccccc2)cc1. The molecule has 2 heterocycles. The molecule has 120 valence electrons. The van der Waals surface area contributed by atoms with Gasteiger partial charge < -0.3 is 4.74 Å². The predicted octanol–water partition coefficient (Wildman–Crippen LogP) is 3.22. The number of nitrogens with zero attached hydrogens (tertiary/aromatic N) is 4. The summed E-state index contributed by atoms with van der Waals surface area (Å²) < 4.78 is 7.08. The number of hydrogen-bond donors (Lipinski definition) is 0. The molecule has 2 aromatic carbocycles. The summed E-state index contributed by atoms with van der Waals surface area (Å²) in [5.41, 5.74) is 3.91. The number of aromatic nitrogens is 4. The van der Waals surface area contributed by atoms with Gasteiger partial charge >= 0.3 is 0 Å². The third-order valence-electron chi connectivity index (χ3n) is 3.78. The van der Waals surface area contributed by atoms with E-state index < -0.39 is 0 Å². The van der Waals surface area contributed by atoms with Gasteiger partial charge in [-0.05, 0) is 42.3 Å². The lowest BCUT2D eigenvalue weighted by Gasteiger charge is -2.02. The quantitative estimate of drug-likeness (QED) is 0.531. The van der Waals surface area contributed by atoms with Gasteiger partial charge in [-0.15, -0.1) is 0 Å². The van der Waals surface area contributed by atoms with Crippen LogP contribution in [0.3, 0.4) is 0 Å². The topological polar surface area (TPSA) is 52.8 Å². The number of hydrogen-bond acceptors (Lipinski definition) is 4.